The number of nitrogens with zero attached hydrogens (tertiary/aromatic N) is 1. The van der Waals surface area contributed by atoms with Gasteiger partial charge in [-0.3, -0.25) is 0 Å². The van der Waals surface area contributed by atoms with Crippen LogP contribution in [-0.2, 0) is 0 Å². The van der Waals surface area contributed by atoms with Gasteiger partial charge in [0, 0.05) is 5.39 Å². The number of aliphatic hydroxyl groups excluding tert-OH is 1. The summed E-state index contributed by atoms with van der Waals surface area (Å²) < 4.78 is 5.92. The molecule has 0 aliphatic heterocycles. The van der Waals surface area contributed by atoms with Crippen molar-refractivity contribution in [1.29, 1.82) is 0 Å². The Labute approximate surface area is 126 Å². The molecule has 1 N–H and O–H groups in total. The Morgan fingerprint density at radius 3 is 2.38 bits per heavy atom. The SMILES string of the molecule is CN(C)C1(C(O)c2cc3ccccc3o2)CCCCCC1. The van der Waals surface area contributed by atoms with Crippen molar-refractivity contribution in [3.05, 3.63) is 36.1 Å². The van der Waals surface area contributed by atoms with E-state index in [9.17, 15) is 5.11 Å². The molecule has 0 amide bonds. The highest BCUT2D eigenvalue weighted by atomic mass is 16.4. The molecule has 1 aromatic carbocycles. The minimum Gasteiger partial charge on any atom is -0.458 e. The van der Waals surface area contributed by atoms with E-state index >= 15 is 0 Å². The van der Waals surface area contributed by atoms with Crippen LogP contribution in [0.1, 0.15) is 50.4 Å². The van der Waals surface area contributed by atoms with Crippen molar-refractivity contribution in [3.8, 4) is 0 Å². The molecule has 114 valence electrons. The topological polar surface area (TPSA) is 36.6 Å². The molecule has 1 heterocycles. The number of benzene rings is 1. The fourth-order valence-electron chi connectivity index (χ4n) is 3.71. The van der Waals surface area contributed by atoms with Crippen LogP contribution in [0.4, 0.5) is 0 Å². The largest absolute Gasteiger partial charge is 0.458 e. The Balaban J connectivity index is 1.98. The molecule has 1 aliphatic rings. The summed E-state index contributed by atoms with van der Waals surface area (Å²) >= 11 is 0. The summed E-state index contributed by atoms with van der Waals surface area (Å²) in [6.45, 7) is 0. The average molecular weight is 287 g/mol. The molecule has 0 spiro atoms. The van der Waals surface area contributed by atoms with Gasteiger partial charge in [-0.15, -0.1) is 0 Å². The van der Waals surface area contributed by atoms with E-state index in [1.165, 1.54) is 25.7 Å². The maximum Gasteiger partial charge on any atom is 0.135 e. The molecule has 1 unspecified atom stereocenters. The Morgan fingerprint density at radius 2 is 1.76 bits per heavy atom. The lowest BCUT2D eigenvalue weighted by molar-refractivity contribution is -0.0305. The highest BCUT2D eigenvalue weighted by Crippen LogP contribution is 2.42. The summed E-state index contributed by atoms with van der Waals surface area (Å²) in [5.41, 5.74) is 0.652. The number of fused-ring (bicyclic) bond motifs is 1. The van der Waals surface area contributed by atoms with Gasteiger partial charge in [-0.05, 0) is 39.1 Å². The highest BCUT2D eigenvalue weighted by molar-refractivity contribution is 5.77. The Hall–Kier alpha value is -1.32. The van der Waals surface area contributed by atoms with Crippen molar-refractivity contribution >= 4 is 11.0 Å². The third-order valence-electron chi connectivity index (χ3n) is 5.08. The van der Waals surface area contributed by atoms with Crippen molar-refractivity contribution in [2.45, 2.75) is 50.2 Å². The molecule has 0 radical (unpaired) electrons. The van der Waals surface area contributed by atoms with Crippen LogP contribution >= 0.6 is 0 Å². The minimum absolute atomic E-state index is 0.204. The lowest BCUT2D eigenvalue weighted by atomic mass is 9.82. The Bertz CT molecular complexity index is 561. The summed E-state index contributed by atoms with van der Waals surface area (Å²) in [5, 5.41) is 12.1. The number of para-hydroxylation sites is 1. The van der Waals surface area contributed by atoms with Crippen LogP contribution in [0.5, 0.6) is 0 Å². The molecule has 1 saturated carbocycles. The second-order valence-electron chi connectivity index (χ2n) is 6.50. The van der Waals surface area contributed by atoms with Crippen LogP contribution in [-0.4, -0.2) is 29.6 Å². The number of likely N-dealkylation sites (N-methyl/N-ethyl adjacent to an activating group) is 1. The number of hydrogen-bond acceptors (Lipinski definition) is 3. The van der Waals surface area contributed by atoms with Gasteiger partial charge in [-0.2, -0.15) is 0 Å². The van der Waals surface area contributed by atoms with Crippen molar-refractivity contribution in [2.75, 3.05) is 14.1 Å². The first-order valence-electron chi connectivity index (χ1n) is 7.97. The van der Waals surface area contributed by atoms with Crippen LogP contribution in [0.2, 0.25) is 0 Å². The van der Waals surface area contributed by atoms with E-state index in [-0.39, 0.29) is 5.54 Å². The smallest absolute Gasteiger partial charge is 0.135 e. The van der Waals surface area contributed by atoms with Crippen LogP contribution < -0.4 is 0 Å². The monoisotopic (exact) mass is 287 g/mol. The quantitative estimate of drug-likeness (QED) is 0.863. The summed E-state index contributed by atoms with van der Waals surface area (Å²) in [4.78, 5) is 2.20. The molecule has 3 nitrogen and oxygen atoms in total. The minimum atomic E-state index is -0.571. The molecule has 1 aromatic heterocycles. The fourth-order valence-corrected chi connectivity index (χ4v) is 3.71. The van der Waals surface area contributed by atoms with Gasteiger partial charge < -0.3 is 14.4 Å². The molecular weight excluding hydrogens is 262 g/mol. The molecule has 21 heavy (non-hydrogen) atoms. The van der Waals surface area contributed by atoms with Gasteiger partial charge in [0.1, 0.15) is 17.4 Å². The van der Waals surface area contributed by atoms with Crippen molar-refractivity contribution in [3.63, 3.8) is 0 Å². The first-order valence-corrected chi connectivity index (χ1v) is 7.97. The van der Waals surface area contributed by atoms with Gasteiger partial charge >= 0.3 is 0 Å². The van der Waals surface area contributed by atoms with Gasteiger partial charge in [0.25, 0.3) is 0 Å². The van der Waals surface area contributed by atoms with Crippen LogP contribution in [0.15, 0.2) is 34.7 Å². The molecule has 0 bridgehead atoms. The van der Waals surface area contributed by atoms with Crippen LogP contribution in [0.25, 0.3) is 11.0 Å². The van der Waals surface area contributed by atoms with E-state index in [2.05, 4.69) is 19.0 Å². The van der Waals surface area contributed by atoms with Gasteiger partial charge in [0.15, 0.2) is 0 Å². The van der Waals surface area contributed by atoms with E-state index in [0.717, 1.165) is 23.8 Å². The van der Waals surface area contributed by atoms with E-state index < -0.39 is 6.10 Å². The molecule has 1 aliphatic carbocycles. The standard InChI is InChI=1S/C18H25NO2/c1-19(2)18(11-7-3-4-8-12-18)17(20)16-13-14-9-5-6-10-15(14)21-16/h5-6,9-10,13,17,20H,3-4,7-8,11-12H2,1-2H3. The van der Waals surface area contributed by atoms with Gasteiger partial charge in [0.05, 0.1) is 5.54 Å². The Kier molecular flexibility index (Phi) is 4.05. The van der Waals surface area contributed by atoms with E-state index in [1.807, 2.05) is 30.3 Å². The van der Waals surface area contributed by atoms with Crippen molar-refractivity contribution in [2.24, 2.45) is 0 Å². The predicted molar refractivity (Wildman–Crippen MR) is 85.3 cm³/mol. The molecule has 3 rings (SSSR count). The third-order valence-corrected chi connectivity index (χ3v) is 5.08. The van der Waals surface area contributed by atoms with E-state index in [4.69, 9.17) is 4.42 Å². The van der Waals surface area contributed by atoms with Gasteiger partial charge in [0.2, 0.25) is 0 Å². The third kappa shape index (κ3) is 2.60. The van der Waals surface area contributed by atoms with E-state index in [0.29, 0.717) is 5.76 Å². The zero-order chi connectivity index (χ0) is 14.9. The summed E-state index contributed by atoms with van der Waals surface area (Å²) in [6.07, 6.45) is 6.37. The normalized spacial score (nSPS) is 20.6. The maximum absolute atomic E-state index is 11.1. The Morgan fingerprint density at radius 1 is 1.10 bits per heavy atom. The predicted octanol–water partition coefficient (Wildman–Crippen LogP) is 4.12. The maximum atomic E-state index is 11.1. The number of rotatable bonds is 3. The first kappa shape index (κ1) is 14.6. The van der Waals surface area contributed by atoms with Gasteiger partial charge in [-0.25, -0.2) is 0 Å². The van der Waals surface area contributed by atoms with Gasteiger partial charge in [-0.1, -0.05) is 43.9 Å². The first-order chi connectivity index (χ1) is 10.1. The highest BCUT2D eigenvalue weighted by Gasteiger charge is 2.42. The van der Waals surface area contributed by atoms with Crippen molar-refractivity contribution in [1.82, 2.24) is 4.90 Å². The second kappa shape index (κ2) is 5.82. The molecule has 0 saturated heterocycles. The summed E-state index contributed by atoms with van der Waals surface area (Å²) in [7, 11) is 4.16. The van der Waals surface area contributed by atoms with Crippen LogP contribution in [0, 0.1) is 0 Å². The zero-order valence-corrected chi connectivity index (χ0v) is 13.0. The number of furan rings is 1. The second-order valence-corrected chi connectivity index (χ2v) is 6.50. The summed E-state index contributed by atoms with van der Waals surface area (Å²) in [6, 6.07) is 9.96. The van der Waals surface area contributed by atoms with Crippen LogP contribution in [0.3, 0.4) is 0 Å². The molecule has 3 heteroatoms. The molecular formula is C18H25NO2. The number of aliphatic hydroxyl groups is 1. The fraction of sp³-hybridized carbons (Fsp3) is 0.556. The summed E-state index contributed by atoms with van der Waals surface area (Å²) in [5.74, 6) is 0.701. The lowest BCUT2D eigenvalue weighted by Crippen LogP contribution is -2.48. The zero-order valence-electron chi connectivity index (χ0n) is 13.0. The number of hydrogen-bond donors (Lipinski definition) is 1. The van der Waals surface area contributed by atoms with Crippen molar-refractivity contribution < 1.29 is 9.52 Å². The van der Waals surface area contributed by atoms with E-state index in [1.54, 1.807) is 0 Å². The molecule has 1 fully saturated rings. The lowest BCUT2D eigenvalue weighted by Gasteiger charge is -2.42. The average Bonchev–Trinajstić information content (AvgIpc) is 2.75. The molecule has 1 atom stereocenters. The molecule has 2 aromatic rings.